The minimum Gasteiger partial charge on any atom is -0.478 e. The standard InChI is InChI=1S/C5H6N2O4/c8-4(3-7-11)6-2-1-5(9)10/h1-3,11H,(H,6,8)(H,9,10)/b2-1+,7-3+. The number of oxime groups is 1. The van der Waals surface area contributed by atoms with Crippen molar-refractivity contribution in [1.29, 1.82) is 0 Å². The van der Waals surface area contributed by atoms with Crippen LogP contribution in [0.5, 0.6) is 0 Å². The third kappa shape index (κ3) is 6.03. The average molecular weight is 158 g/mol. The van der Waals surface area contributed by atoms with E-state index in [-0.39, 0.29) is 0 Å². The number of amides is 1. The predicted molar refractivity (Wildman–Crippen MR) is 35.2 cm³/mol. The molecule has 0 unspecified atom stereocenters. The van der Waals surface area contributed by atoms with Crippen molar-refractivity contribution >= 4 is 18.1 Å². The molecule has 0 aromatic heterocycles. The predicted octanol–water partition coefficient (Wildman–Crippen LogP) is -0.839. The second kappa shape index (κ2) is 4.98. The average Bonchev–Trinajstić information content (AvgIpc) is 1.87. The molecule has 0 aromatic rings. The van der Waals surface area contributed by atoms with Gasteiger partial charge in [0.15, 0.2) is 0 Å². The van der Waals surface area contributed by atoms with E-state index in [0.29, 0.717) is 6.21 Å². The van der Waals surface area contributed by atoms with Gasteiger partial charge in [-0.15, -0.1) is 0 Å². The number of nitrogens with zero attached hydrogens (tertiary/aromatic N) is 1. The first kappa shape index (κ1) is 9.15. The van der Waals surface area contributed by atoms with Crippen molar-refractivity contribution in [2.75, 3.05) is 0 Å². The lowest BCUT2D eigenvalue weighted by Gasteiger charge is -1.87. The molecule has 1 amide bonds. The fourth-order valence-electron chi connectivity index (χ4n) is 0.285. The zero-order chi connectivity index (χ0) is 8.69. The van der Waals surface area contributed by atoms with Gasteiger partial charge >= 0.3 is 5.97 Å². The maximum Gasteiger partial charge on any atom is 0.329 e. The van der Waals surface area contributed by atoms with Crippen molar-refractivity contribution in [2.24, 2.45) is 5.16 Å². The summed E-state index contributed by atoms with van der Waals surface area (Å²) in [7, 11) is 0. The Hall–Kier alpha value is -1.85. The Morgan fingerprint density at radius 2 is 2.09 bits per heavy atom. The van der Waals surface area contributed by atoms with Crippen molar-refractivity contribution < 1.29 is 19.9 Å². The van der Waals surface area contributed by atoms with Gasteiger partial charge in [0, 0.05) is 12.3 Å². The van der Waals surface area contributed by atoms with Crippen LogP contribution in [-0.2, 0) is 9.59 Å². The number of carbonyl (C=O) groups excluding carboxylic acids is 1. The number of hydrogen-bond acceptors (Lipinski definition) is 4. The number of carboxylic acids is 1. The summed E-state index contributed by atoms with van der Waals surface area (Å²) in [6, 6.07) is 0. The number of nitrogens with one attached hydrogen (secondary N) is 1. The van der Waals surface area contributed by atoms with Gasteiger partial charge in [-0.25, -0.2) is 4.79 Å². The molecule has 6 heteroatoms. The van der Waals surface area contributed by atoms with Crippen LogP contribution in [0.3, 0.4) is 0 Å². The fourth-order valence-corrected chi connectivity index (χ4v) is 0.285. The molecule has 11 heavy (non-hydrogen) atoms. The molecule has 0 aliphatic rings. The molecule has 0 aliphatic heterocycles. The van der Waals surface area contributed by atoms with Crippen LogP contribution in [0.1, 0.15) is 0 Å². The van der Waals surface area contributed by atoms with E-state index in [9.17, 15) is 9.59 Å². The third-order valence-corrected chi connectivity index (χ3v) is 0.626. The molecule has 0 saturated carbocycles. The van der Waals surface area contributed by atoms with Gasteiger partial charge in [0.05, 0.1) is 0 Å². The van der Waals surface area contributed by atoms with E-state index < -0.39 is 11.9 Å². The highest BCUT2D eigenvalue weighted by molar-refractivity contribution is 6.26. The van der Waals surface area contributed by atoms with E-state index in [1.54, 1.807) is 0 Å². The van der Waals surface area contributed by atoms with Gasteiger partial charge in [-0.3, -0.25) is 4.79 Å². The zero-order valence-corrected chi connectivity index (χ0v) is 5.39. The first-order chi connectivity index (χ1) is 5.16. The van der Waals surface area contributed by atoms with Crippen molar-refractivity contribution in [1.82, 2.24) is 5.32 Å². The highest BCUT2D eigenvalue weighted by atomic mass is 16.4. The van der Waals surface area contributed by atoms with Crippen LogP contribution in [0, 0.1) is 0 Å². The molecular formula is C5H6N2O4. The smallest absolute Gasteiger partial charge is 0.329 e. The number of carboxylic acid groups (broad SMARTS) is 1. The van der Waals surface area contributed by atoms with Crippen LogP contribution in [0.25, 0.3) is 0 Å². The highest BCUT2D eigenvalue weighted by Gasteiger charge is 1.90. The van der Waals surface area contributed by atoms with Crippen LogP contribution >= 0.6 is 0 Å². The molecule has 0 aliphatic carbocycles. The summed E-state index contributed by atoms with van der Waals surface area (Å²) < 4.78 is 0. The summed E-state index contributed by atoms with van der Waals surface area (Å²) >= 11 is 0. The van der Waals surface area contributed by atoms with Crippen LogP contribution < -0.4 is 5.32 Å². The molecule has 0 spiro atoms. The SMILES string of the molecule is O=C(O)/C=C/NC(=O)/C=N/O. The molecule has 0 atom stereocenters. The first-order valence-corrected chi connectivity index (χ1v) is 2.54. The van der Waals surface area contributed by atoms with Crippen LogP contribution in [0.15, 0.2) is 17.4 Å². The Balaban J connectivity index is 3.70. The lowest BCUT2D eigenvalue weighted by atomic mass is 10.6. The molecule has 0 saturated heterocycles. The monoisotopic (exact) mass is 158 g/mol. The lowest BCUT2D eigenvalue weighted by Crippen LogP contribution is -2.18. The molecule has 0 fully saturated rings. The van der Waals surface area contributed by atoms with Crippen molar-refractivity contribution in [3.05, 3.63) is 12.3 Å². The molecular weight excluding hydrogens is 152 g/mol. The third-order valence-electron chi connectivity index (χ3n) is 0.626. The minimum atomic E-state index is -1.17. The maximum absolute atomic E-state index is 10.4. The second-order valence-electron chi connectivity index (χ2n) is 1.42. The fraction of sp³-hybridized carbons (Fsp3) is 0. The van der Waals surface area contributed by atoms with Gasteiger partial charge in [-0.1, -0.05) is 5.16 Å². The van der Waals surface area contributed by atoms with E-state index >= 15 is 0 Å². The molecule has 0 radical (unpaired) electrons. The molecule has 60 valence electrons. The van der Waals surface area contributed by atoms with E-state index in [4.69, 9.17) is 10.3 Å². The molecule has 6 nitrogen and oxygen atoms in total. The molecule has 0 rings (SSSR count). The summed E-state index contributed by atoms with van der Waals surface area (Å²) in [5.41, 5.74) is 0. The van der Waals surface area contributed by atoms with E-state index in [2.05, 4.69) is 5.16 Å². The van der Waals surface area contributed by atoms with Gasteiger partial charge in [0.1, 0.15) is 6.21 Å². The lowest BCUT2D eigenvalue weighted by molar-refractivity contribution is -0.131. The van der Waals surface area contributed by atoms with Crippen LogP contribution in [0.4, 0.5) is 0 Å². The van der Waals surface area contributed by atoms with E-state index in [0.717, 1.165) is 12.3 Å². The Morgan fingerprint density at radius 1 is 1.45 bits per heavy atom. The summed E-state index contributed by atoms with van der Waals surface area (Å²) in [5.74, 6) is -1.88. The van der Waals surface area contributed by atoms with Crippen molar-refractivity contribution in [3.8, 4) is 0 Å². The van der Waals surface area contributed by atoms with Gasteiger partial charge in [-0.05, 0) is 0 Å². The second-order valence-corrected chi connectivity index (χ2v) is 1.42. The number of aliphatic carboxylic acids is 1. The Labute approximate surface area is 61.8 Å². The van der Waals surface area contributed by atoms with Crippen molar-refractivity contribution in [2.45, 2.75) is 0 Å². The maximum atomic E-state index is 10.4. The van der Waals surface area contributed by atoms with Gasteiger partial charge in [-0.2, -0.15) is 0 Å². The largest absolute Gasteiger partial charge is 0.478 e. The van der Waals surface area contributed by atoms with E-state index in [1.165, 1.54) is 0 Å². The molecule has 0 aromatic carbocycles. The minimum absolute atomic E-state index is 0.603. The Bertz CT molecular complexity index is 209. The number of rotatable bonds is 3. The van der Waals surface area contributed by atoms with E-state index in [1.807, 2.05) is 5.32 Å². The quantitative estimate of drug-likeness (QED) is 0.216. The van der Waals surface area contributed by atoms with Crippen LogP contribution in [0.2, 0.25) is 0 Å². The zero-order valence-electron chi connectivity index (χ0n) is 5.39. The first-order valence-electron chi connectivity index (χ1n) is 2.54. The van der Waals surface area contributed by atoms with Gasteiger partial charge < -0.3 is 15.6 Å². The summed E-state index contributed by atoms with van der Waals surface area (Å²) in [4.78, 5) is 20.2. The Kier molecular flexibility index (Phi) is 4.14. The highest BCUT2D eigenvalue weighted by Crippen LogP contribution is 1.67. The topological polar surface area (TPSA) is 99.0 Å². The number of carbonyl (C=O) groups is 2. The molecule has 0 heterocycles. The summed E-state index contributed by atoms with van der Waals surface area (Å²) in [5, 5.41) is 20.3. The summed E-state index contributed by atoms with van der Waals surface area (Å²) in [6.45, 7) is 0. The van der Waals surface area contributed by atoms with Gasteiger partial charge in [0.2, 0.25) is 0 Å². The Morgan fingerprint density at radius 3 is 2.55 bits per heavy atom. The molecule has 0 bridgehead atoms. The number of hydrogen-bond donors (Lipinski definition) is 3. The van der Waals surface area contributed by atoms with Crippen molar-refractivity contribution in [3.63, 3.8) is 0 Å². The van der Waals surface area contributed by atoms with Gasteiger partial charge in [0.25, 0.3) is 5.91 Å². The summed E-state index contributed by atoms with van der Waals surface area (Å²) in [6.07, 6.45) is 2.27. The van der Waals surface area contributed by atoms with Crippen LogP contribution in [-0.4, -0.2) is 28.4 Å². The molecule has 3 N–H and O–H groups in total. The normalized spacial score (nSPS) is 10.5.